The van der Waals surface area contributed by atoms with Gasteiger partial charge in [0.1, 0.15) is 36.6 Å². The van der Waals surface area contributed by atoms with Crippen molar-refractivity contribution in [3.05, 3.63) is 0 Å². The van der Waals surface area contributed by atoms with Crippen LogP contribution in [0, 0.1) is 0 Å². The molecule has 24 heavy (non-hydrogen) atoms. The maximum atomic E-state index is 10.0. The van der Waals surface area contributed by atoms with E-state index in [4.69, 9.17) is 33.3 Å². The van der Waals surface area contributed by atoms with Gasteiger partial charge in [0.05, 0.1) is 13.2 Å². The van der Waals surface area contributed by atoms with E-state index in [0.29, 0.717) is 0 Å². The summed E-state index contributed by atoms with van der Waals surface area (Å²) in [7, 11) is 2.70. The molecule has 0 radical (unpaired) electrons. The lowest BCUT2D eigenvalue weighted by Crippen LogP contribution is -2.59. The van der Waals surface area contributed by atoms with E-state index in [2.05, 4.69) is 0 Å². The molecule has 2 aliphatic heterocycles. The van der Waals surface area contributed by atoms with Gasteiger partial charge in [-0.1, -0.05) is 0 Å². The smallest absolute Gasteiger partial charge is 0.373 e. The van der Waals surface area contributed by atoms with Gasteiger partial charge in [-0.15, -0.1) is 0 Å². The standard InChI is InChI=1S/C12H22O9.CO2/c1-17-10-5(13)3-19-12(9(10)16)21-6-4-20-11(18-2)8(15)7(6)14;2-1-3/h5-16H,3-4H2,1-2H3;/t5-,6-,7+,8?,9?,10+,11+,12+;/m1./s1. The predicted molar refractivity (Wildman–Crippen MR) is 71.2 cm³/mol. The normalized spacial score (nSPS) is 42.6. The van der Waals surface area contributed by atoms with Crippen molar-refractivity contribution in [2.24, 2.45) is 0 Å². The van der Waals surface area contributed by atoms with Gasteiger partial charge >= 0.3 is 6.15 Å². The number of methoxy groups -OCH3 is 2. The lowest BCUT2D eigenvalue weighted by molar-refractivity contribution is -0.327. The third-order valence-corrected chi connectivity index (χ3v) is 3.67. The highest BCUT2D eigenvalue weighted by atomic mass is 16.7. The molecule has 2 heterocycles. The average molecular weight is 354 g/mol. The number of aliphatic hydroxyl groups is 4. The molecular formula is C13H22O11. The zero-order chi connectivity index (χ0) is 18.3. The van der Waals surface area contributed by atoms with Crippen LogP contribution in [0.4, 0.5) is 0 Å². The molecule has 0 aromatic carbocycles. The molecule has 2 saturated heterocycles. The second-order valence-electron chi connectivity index (χ2n) is 5.14. The van der Waals surface area contributed by atoms with Crippen LogP contribution in [-0.2, 0) is 33.3 Å². The fourth-order valence-electron chi connectivity index (χ4n) is 2.45. The van der Waals surface area contributed by atoms with E-state index in [9.17, 15) is 20.4 Å². The first-order valence-electron chi connectivity index (χ1n) is 7.07. The number of carbonyl (C=O) groups excluding carboxylic acids is 2. The second kappa shape index (κ2) is 10.1. The van der Waals surface area contributed by atoms with Crippen LogP contribution >= 0.6 is 0 Å². The Morgan fingerprint density at radius 1 is 0.875 bits per heavy atom. The Hall–Kier alpha value is -0.980. The number of hydrogen-bond acceptors (Lipinski definition) is 11. The number of hydrogen-bond donors (Lipinski definition) is 4. The molecule has 2 aliphatic rings. The van der Waals surface area contributed by atoms with Gasteiger partial charge in [-0.25, -0.2) is 0 Å². The number of rotatable bonds is 4. The Morgan fingerprint density at radius 2 is 1.46 bits per heavy atom. The molecule has 0 bridgehead atoms. The van der Waals surface area contributed by atoms with Crippen LogP contribution in [0.2, 0.25) is 0 Å². The highest BCUT2D eigenvalue weighted by Crippen LogP contribution is 2.24. The maximum Gasteiger partial charge on any atom is 0.373 e. The molecule has 140 valence electrons. The van der Waals surface area contributed by atoms with Crippen molar-refractivity contribution >= 4 is 6.15 Å². The van der Waals surface area contributed by atoms with Crippen molar-refractivity contribution in [2.75, 3.05) is 27.4 Å². The molecule has 0 amide bonds. The summed E-state index contributed by atoms with van der Waals surface area (Å²) in [6, 6.07) is 0. The molecule has 11 heteroatoms. The van der Waals surface area contributed by atoms with E-state index in [1.165, 1.54) is 14.2 Å². The Bertz CT molecular complexity index is 399. The zero-order valence-electron chi connectivity index (χ0n) is 13.2. The minimum absolute atomic E-state index is 0.0382. The van der Waals surface area contributed by atoms with E-state index in [1.807, 2.05) is 0 Å². The summed E-state index contributed by atoms with van der Waals surface area (Å²) in [6.07, 6.45) is -8.30. The first kappa shape index (κ1) is 21.1. The SMILES string of the molecule is CO[C@H]1OC[C@@H](O[C@@H]2OC[C@@H](O)[C@H](OC)C2O)[C@H](O)C1O.O=C=O. The summed E-state index contributed by atoms with van der Waals surface area (Å²) in [5.74, 6) is 0. The van der Waals surface area contributed by atoms with Crippen molar-refractivity contribution in [3.63, 3.8) is 0 Å². The van der Waals surface area contributed by atoms with Crippen LogP contribution in [0.3, 0.4) is 0 Å². The van der Waals surface area contributed by atoms with Gasteiger partial charge in [0.15, 0.2) is 12.6 Å². The van der Waals surface area contributed by atoms with E-state index < -0.39 is 49.2 Å². The van der Waals surface area contributed by atoms with E-state index in [-0.39, 0.29) is 19.4 Å². The molecule has 4 N–H and O–H groups in total. The Balaban J connectivity index is 0.000000891. The summed E-state index contributed by atoms with van der Waals surface area (Å²) in [5, 5.41) is 39.4. The third-order valence-electron chi connectivity index (χ3n) is 3.67. The number of aliphatic hydroxyl groups excluding tert-OH is 4. The van der Waals surface area contributed by atoms with Crippen LogP contribution < -0.4 is 0 Å². The van der Waals surface area contributed by atoms with Crippen LogP contribution in [0.15, 0.2) is 0 Å². The molecule has 2 rings (SSSR count). The molecule has 2 unspecified atom stereocenters. The number of ether oxygens (including phenoxy) is 5. The molecule has 0 aliphatic carbocycles. The Morgan fingerprint density at radius 3 is 2.00 bits per heavy atom. The third kappa shape index (κ3) is 5.01. The summed E-state index contributed by atoms with van der Waals surface area (Å²) in [4.78, 5) is 16.2. The van der Waals surface area contributed by atoms with Crippen LogP contribution in [-0.4, -0.2) is 103 Å². The minimum Gasteiger partial charge on any atom is -0.388 e. The molecule has 2 fully saturated rings. The predicted octanol–water partition coefficient (Wildman–Crippen LogP) is -3.39. The summed E-state index contributed by atoms with van der Waals surface area (Å²) < 4.78 is 25.7. The lowest BCUT2D eigenvalue weighted by atomic mass is 10.0. The fourth-order valence-corrected chi connectivity index (χ4v) is 2.45. The molecule has 8 atom stereocenters. The first-order chi connectivity index (χ1) is 11.4. The van der Waals surface area contributed by atoms with E-state index >= 15 is 0 Å². The van der Waals surface area contributed by atoms with Gasteiger partial charge in [0.25, 0.3) is 0 Å². The topological polar surface area (TPSA) is 161 Å². The van der Waals surface area contributed by atoms with Gasteiger partial charge in [-0.05, 0) is 0 Å². The summed E-state index contributed by atoms with van der Waals surface area (Å²) in [5.41, 5.74) is 0. The van der Waals surface area contributed by atoms with Crippen molar-refractivity contribution in [3.8, 4) is 0 Å². The molecule has 11 nitrogen and oxygen atoms in total. The van der Waals surface area contributed by atoms with Gasteiger partial charge in [-0.2, -0.15) is 9.59 Å². The van der Waals surface area contributed by atoms with Crippen molar-refractivity contribution in [2.45, 2.75) is 49.2 Å². The summed E-state index contributed by atoms with van der Waals surface area (Å²) >= 11 is 0. The van der Waals surface area contributed by atoms with Crippen LogP contribution in [0.5, 0.6) is 0 Å². The Labute approximate surface area is 137 Å². The molecule has 0 aromatic heterocycles. The van der Waals surface area contributed by atoms with Gasteiger partial charge < -0.3 is 44.1 Å². The highest BCUT2D eigenvalue weighted by Gasteiger charge is 2.45. The minimum atomic E-state index is -1.28. The first-order valence-corrected chi connectivity index (χ1v) is 7.07. The van der Waals surface area contributed by atoms with Gasteiger partial charge in [-0.3, -0.25) is 0 Å². The van der Waals surface area contributed by atoms with Crippen LogP contribution in [0.25, 0.3) is 0 Å². The zero-order valence-corrected chi connectivity index (χ0v) is 13.2. The average Bonchev–Trinajstić information content (AvgIpc) is 2.55. The molecule has 0 spiro atoms. The highest BCUT2D eigenvalue weighted by molar-refractivity contribution is 5.20. The van der Waals surface area contributed by atoms with E-state index in [1.54, 1.807) is 0 Å². The fraction of sp³-hybridized carbons (Fsp3) is 0.923. The lowest BCUT2D eigenvalue weighted by Gasteiger charge is -2.41. The van der Waals surface area contributed by atoms with Crippen molar-refractivity contribution in [1.29, 1.82) is 0 Å². The van der Waals surface area contributed by atoms with Crippen LogP contribution in [0.1, 0.15) is 0 Å². The molecule has 0 saturated carbocycles. The summed E-state index contributed by atoms with van der Waals surface area (Å²) in [6.45, 7) is -0.114. The van der Waals surface area contributed by atoms with Crippen molar-refractivity contribution in [1.82, 2.24) is 0 Å². The quantitative estimate of drug-likeness (QED) is 0.398. The Kier molecular flexibility index (Phi) is 8.87. The van der Waals surface area contributed by atoms with E-state index in [0.717, 1.165) is 0 Å². The molecular weight excluding hydrogens is 332 g/mol. The second-order valence-corrected chi connectivity index (χ2v) is 5.14. The largest absolute Gasteiger partial charge is 0.388 e. The van der Waals surface area contributed by atoms with Gasteiger partial charge in [0.2, 0.25) is 0 Å². The maximum absolute atomic E-state index is 10.0. The monoisotopic (exact) mass is 354 g/mol. The van der Waals surface area contributed by atoms with Crippen molar-refractivity contribution < 1.29 is 53.7 Å². The molecule has 0 aromatic rings. The van der Waals surface area contributed by atoms with Gasteiger partial charge in [0, 0.05) is 14.2 Å².